The Labute approximate surface area is 136 Å². The topological polar surface area (TPSA) is 76.3 Å². The molecule has 1 saturated heterocycles. The van der Waals surface area contributed by atoms with Gasteiger partial charge in [-0.15, -0.1) is 23.1 Å². The highest BCUT2D eigenvalue weighted by Crippen LogP contribution is 2.32. The number of thiazole rings is 1. The average Bonchev–Trinajstić information content (AvgIpc) is 3.15. The van der Waals surface area contributed by atoms with E-state index in [1.807, 2.05) is 31.2 Å². The second-order valence-electron chi connectivity index (χ2n) is 5.02. The first-order valence-electron chi connectivity index (χ1n) is 6.80. The summed E-state index contributed by atoms with van der Waals surface area (Å²) in [5.74, 6) is -0.00163. The fourth-order valence-electron chi connectivity index (χ4n) is 2.44. The van der Waals surface area contributed by atoms with Crippen molar-refractivity contribution in [1.82, 2.24) is 9.88 Å². The first kappa shape index (κ1) is 15.1. The van der Waals surface area contributed by atoms with Crippen LogP contribution in [0.5, 0.6) is 0 Å². The van der Waals surface area contributed by atoms with Gasteiger partial charge in [0.1, 0.15) is 5.69 Å². The second kappa shape index (κ2) is 6.10. The van der Waals surface area contributed by atoms with Crippen LogP contribution in [0.3, 0.4) is 0 Å². The van der Waals surface area contributed by atoms with E-state index in [1.165, 1.54) is 28.0 Å². The van der Waals surface area contributed by atoms with Crippen molar-refractivity contribution in [3.8, 4) is 10.4 Å². The van der Waals surface area contributed by atoms with E-state index < -0.39 is 11.3 Å². The van der Waals surface area contributed by atoms with Gasteiger partial charge in [0.15, 0.2) is 5.37 Å². The van der Waals surface area contributed by atoms with E-state index in [-0.39, 0.29) is 5.91 Å². The zero-order chi connectivity index (χ0) is 15.7. The fraction of sp³-hybridized carbons (Fsp3) is 0.267. The predicted octanol–water partition coefficient (Wildman–Crippen LogP) is 2.12. The lowest BCUT2D eigenvalue weighted by Crippen LogP contribution is -2.42. The van der Waals surface area contributed by atoms with E-state index in [0.717, 1.165) is 16.0 Å². The minimum atomic E-state index is -0.598. The van der Waals surface area contributed by atoms with Crippen LogP contribution in [0.2, 0.25) is 0 Å². The van der Waals surface area contributed by atoms with Crippen LogP contribution in [0.15, 0.2) is 29.8 Å². The molecule has 1 aliphatic rings. The summed E-state index contributed by atoms with van der Waals surface area (Å²) in [6.07, 6.45) is 0. The number of hydrogen-bond donors (Lipinski definition) is 1. The van der Waals surface area contributed by atoms with Crippen molar-refractivity contribution in [2.75, 3.05) is 12.3 Å². The Morgan fingerprint density at radius 3 is 2.95 bits per heavy atom. The van der Waals surface area contributed by atoms with Gasteiger partial charge in [-0.25, -0.2) is 4.98 Å². The summed E-state index contributed by atoms with van der Waals surface area (Å²) >= 11 is 2.82. The first-order chi connectivity index (χ1) is 10.6. The van der Waals surface area contributed by atoms with Gasteiger partial charge in [0, 0.05) is 12.3 Å². The van der Waals surface area contributed by atoms with Crippen LogP contribution in [-0.4, -0.2) is 39.4 Å². The van der Waals surface area contributed by atoms with Gasteiger partial charge in [-0.2, -0.15) is 0 Å². The van der Waals surface area contributed by atoms with Crippen molar-refractivity contribution < 1.29 is 9.59 Å². The quantitative estimate of drug-likeness (QED) is 0.933. The number of benzene rings is 1. The second-order valence-corrected chi connectivity index (χ2v) is 7.07. The van der Waals surface area contributed by atoms with Crippen LogP contribution >= 0.6 is 23.1 Å². The first-order valence-corrected chi connectivity index (χ1v) is 8.73. The van der Waals surface area contributed by atoms with Gasteiger partial charge in [0.2, 0.25) is 0 Å². The number of aryl methyl sites for hydroxylation is 1. The molecule has 2 amide bonds. The van der Waals surface area contributed by atoms with Crippen LogP contribution in [-0.2, 0) is 4.79 Å². The average molecular weight is 333 g/mol. The zero-order valence-corrected chi connectivity index (χ0v) is 13.6. The Hall–Kier alpha value is -1.86. The number of rotatable bonds is 3. The van der Waals surface area contributed by atoms with Crippen molar-refractivity contribution in [3.05, 3.63) is 41.0 Å². The van der Waals surface area contributed by atoms with Gasteiger partial charge >= 0.3 is 0 Å². The SMILES string of the molecule is Cc1cccc(-c2scnc2C(=O)N2CCSC2C(N)=O)c1. The lowest BCUT2D eigenvalue weighted by Gasteiger charge is -2.20. The largest absolute Gasteiger partial charge is 0.367 e. The third-order valence-corrected chi connectivity index (χ3v) is 5.54. The Bertz CT molecular complexity index is 729. The van der Waals surface area contributed by atoms with Gasteiger partial charge in [0.25, 0.3) is 11.8 Å². The van der Waals surface area contributed by atoms with Crippen LogP contribution in [0.1, 0.15) is 16.1 Å². The molecule has 0 aliphatic carbocycles. The van der Waals surface area contributed by atoms with Crippen LogP contribution in [0.4, 0.5) is 0 Å². The molecule has 2 N–H and O–H groups in total. The van der Waals surface area contributed by atoms with Gasteiger partial charge in [0.05, 0.1) is 10.4 Å². The molecule has 0 radical (unpaired) electrons. The number of amides is 2. The van der Waals surface area contributed by atoms with Gasteiger partial charge in [-0.3, -0.25) is 9.59 Å². The maximum atomic E-state index is 12.8. The molecule has 1 unspecified atom stereocenters. The zero-order valence-electron chi connectivity index (χ0n) is 12.0. The van der Waals surface area contributed by atoms with Crippen LogP contribution in [0, 0.1) is 6.92 Å². The minimum Gasteiger partial charge on any atom is -0.367 e. The lowest BCUT2D eigenvalue weighted by molar-refractivity contribution is -0.119. The molecule has 1 aromatic carbocycles. The molecule has 0 spiro atoms. The smallest absolute Gasteiger partial charge is 0.275 e. The Morgan fingerprint density at radius 1 is 1.41 bits per heavy atom. The molecule has 1 aromatic heterocycles. The van der Waals surface area contributed by atoms with E-state index >= 15 is 0 Å². The summed E-state index contributed by atoms with van der Waals surface area (Å²) in [6, 6.07) is 7.94. The number of nitrogens with zero attached hydrogens (tertiary/aromatic N) is 2. The third kappa shape index (κ3) is 2.74. The molecule has 5 nitrogen and oxygen atoms in total. The fourth-order valence-corrected chi connectivity index (χ4v) is 4.29. The third-order valence-electron chi connectivity index (χ3n) is 3.45. The lowest BCUT2D eigenvalue weighted by atomic mass is 10.1. The van der Waals surface area contributed by atoms with Crippen LogP contribution in [0.25, 0.3) is 10.4 Å². The monoisotopic (exact) mass is 333 g/mol. The number of primary amides is 1. The van der Waals surface area contributed by atoms with Crippen molar-refractivity contribution in [2.45, 2.75) is 12.3 Å². The van der Waals surface area contributed by atoms with Gasteiger partial charge in [-0.05, 0) is 12.5 Å². The molecule has 1 atom stereocenters. The summed E-state index contributed by atoms with van der Waals surface area (Å²) < 4.78 is 0. The molecule has 3 rings (SSSR count). The Morgan fingerprint density at radius 2 is 2.23 bits per heavy atom. The van der Waals surface area contributed by atoms with Crippen molar-refractivity contribution in [1.29, 1.82) is 0 Å². The molecule has 0 saturated carbocycles. The molecule has 1 aliphatic heterocycles. The number of thioether (sulfide) groups is 1. The highest BCUT2D eigenvalue weighted by molar-refractivity contribution is 8.00. The van der Waals surface area contributed by atoms with Crippen molar-refractivity contribution >= 4 is 34.9 Å². The molecule has 22 heavy (non-hydrogen) atoms. The molecule has 2 aromatic rings. The number of carbonyl (C=O) groups is 2. The van der Waals surface area contributed by atoms with E-state index in [1.54, 1.807) is 5.51 Å². The summed E-state index contributed by atoms with van der Waals surface area (Å²) in [7, 11) is 0. The molecule has 2 heterocycles. The molecule has 1 fully saturated rings. The summed E-state index contributed by atoms with van der Waals surface area (Å²) in [6.45, 7) is 2.52. The van der Waals surface area contributed by atoms with Crippen molar-refractivity contribution in [2.24, 2.45) is 5.73 Å². The number of nitrogens with two attached hydrogens (primary N) is 1. The van der Waals surface area contributed by atoms with Gasteiger partial charge in [-0.1, -0.05) is 29.8 Å². The summed E-state index contributed by atoms with van der Waals surface area (Å²) in [4.78, 5) is 30.8. The highest BCUT2D eigenvalue weighted by atomic mass is 32.2. The maximum Gasteiger partial charge on any atom is 0.275 e. The molecular formula is C15H15N3O2S2. The van der Waals surface area contributed by atoms with Crippen LogP contribution < -0.4 is 5.73 Å². The number of aromatic nitrogens is 1. The van der Waals surface area contributed by atoms with E-state index in [4.69, 9.17) is 5.73 Å². The standard InChI is InChI=1S/C15H15N3O2S2/c1-9-3-2-4-10(7-9)12-11(17-8-22-12)14(20)18-5-6-21-15(18)13(16)19/h2-4,7-8,15H,5-6H2,1H3,(H2,16,19). The Balaban J connectivity index is 1.95. The molecule has 7 heteroatoms. The maximum absolute atomic E-state index is 12.8. The van der Waals surface area contributed by atoms with E-state index in [0.29, 0.717) is 18.0 Å². The normalized spacial score (nSPS) is 17.7. The minimum absolute atomic E-state index is 0.230. The predicted molar refractivity (Wildman–Crippen MR) is 88.8 cm³/mol. The van der Waals surface area contributed by atoms with E-state index in [9.17, 15) is 9.59 Å². The summed E-state index contributed by atoms with van der Waals surface area (Å²) in [5.41, 5.74) is 9.52. The Kier molecular flexibility index (Phi) is 4.17. The van der Waals surface area contributed by atoms with Crippen molar-refractivity contribution in [3.63, 3.8) is 0 Å². The van der Waals surface area contributed by atoms with E-state index in [2.05, 4.69) is 4.98 Å². The highest BCUT2D eigenvalue weighted by Gasteiger charge is 2.35. The number of carbonyl (C=O) groups excluding carboxylic acids is 2. The molecule has 114 valence electrons. The molecular weight excluding hydrogens is 318 g/mol. The molecule has 0 bridgehead atoms. The summed E-state index contributed by atoms with van der Waals surface area (Å²) in [5, 5.41) is -0.598. The number of hydrogen-bond acceptors (Lipinski definition) is 5. The van der Waals surface area contributed by atoms with Gasteiger partial charge < -0.3 is 10.6 Å².